The molecule has 1 atom stereocenters. The van der Waals surface area contributed by atoms with Crippen LogP contribution in [0.25, 0.3) is 0 Å². The first-order valence-corrected chi connectivity index (χ1v) is 8.70. The van der Waals surface area contributed by atoms with Crippen molar-refractivity contribution in [3.63, 3.8) is 0 Å². The number of hydrogen-bond acceptors (Lipinski definition) is 4. The summed E-state index contributed by atoms with van der Waals surface area (Å²) in [7, 11) is -1.08. The molecule has 1 aliphatic rings. The molecule has 148 valence electrons. The maximum absolute atomic E-state index is 12.6. The zero-order valence-corrected chi connectivity index (χ0v) is 15.4. The number of carbonyl (C=O) groups excluding carboxylic acids is 1. The van der Waals surface area contributed by atoms with Gasteiger partial charge in [-0.15, -0.1) is 0 Å². The first kappa shape index (κ1) is 20.4. The van der Waals surface area contributed by atoms with Gasteiger partial charge in [-0.05, 0) is 61.1 Å². The maximum atomic E-state index is 12.6. The fraction of sp³-hybridized carbons (Fsp3) is 0.316. The molecule has 2 aromatic carbocycles. The van der Waals surface area contributed by atoms with E-state index in [1.807, 2.05) is 13.8 Å². The van der Waals surface area contributed by atoms with Gasteiger partial charge in [0.05, 0.1) is 17.2 Å². The minimum atomic E-state index is -4.41. The smallest absolute Gasteiger partial charge is 0.423 e. The Morgan fingerprint density at radius 3 is 2.50 bits per heavy atom. The number of hydrogen-bond donors (Lipinski definition) is 3. The van der Waals surface area contributed by atoms with E-state index in [0.717, 1.165) is 17.7 Å². The number of alkyl halides is 3. The van der Waals surface area contributed by atoms with E-state index >= 15 is 0 Å². The van der Waals surface area contributed by atoms with Gasteiger partial charge in [0.25, 0.3) is 0 Å². The number of amides is 1. The molecule has 4 N–H and O–H groups in total. The number of carbonyl (C=O) groups is 1. The SMILES string of the molecule is CC1(C)OB(O)c2cc(NC(=O)[C@H](N)Cc3ccc(C(F)(F)F)cc3)ccc21. The minimum Gasteiger partial charge on any atom is -0.423 e. The lowest BCUT2D eigenvalue weighted by molar-refractivity contribution is -0.137. The molecule has 28 heavy (non-hydrogen) atoms. The molecular weight excluding hydrogens is 372 g/mol. The van der Waals surface area contributed by atoms with Crippen LogP contribution < -0.4 is 16.5 Å². The third kappa shape index (κ3) is 4.21. The number of halogens is 3. The van der Waals surface area contributed by atoms with E-state index < -0.39 is 36.4 Å². The van der Waals surface area contributed by atoms with Gasteiger partial charge in [0, 0.05) is 5.69 Å². The van der Waals surface area contributed by atoms with E-state index in [0.29, 0.717) is 16.7 Å². The van der Waals surface area contributed by atoms with Crippen molar-refractivity contribution in [3.8, 4) is 0 Å². The first-order valence-electron chi connectivity index (χ1n) is 8.70. The summed E-state index contributed by atoms with van der Waals surface area (Å²) < 4.78 is 43.3. The molecule has 0 fully saturated rings. The second kappa shape index (κ2) is 7.23. The first-order chi connectivity index (χ1) is 13.0. The van der Waals surface area contributed by atoms with Crippen LogP contribution in [-0.4, -0.2) is 24.1 Å². The van der Waals surface area contributed by atoms with Crippen LogP contribution in [0.15, 0.2) is 42.5 Å². The highest BCUT2D eigenvalue weighted by Crippen LogP contribution is 2.31. The summed E-state index contributed by atoms with van der Waals surface area (Å²) in [5.74, 6) is -0.479. The van der Waals surface area contributed by atoms with Crippen molar-refractivity contribution in [2.45, 2.75) is 38.1 Å². The topological polar surface area (TPSA) is 84.6 Å². The summed E-state index contributed by atoms with van der Waals surface area (Å²) in [4.78, 5) is 12.3. The van der Waals surface area contributed by atoms with Gasteiger partial charge in [-0.3, -0.25) is 4.79 Å². The molecule has 1 amide bonds. The largest absolute Gasteiger partial charge is 0.492 e. The number of nitrogens with one attached hydrogen (secondary N) is 1. The van der Waals surface area contributed by atoms with Crippen molar-refractivity contribution >= 4 is 24.2 Å². The van der Waals surface area contributed by atoms with Crippen LogP contribution >= 0.6 is 0 Å². The van der Waals surface area contributed by atoms with Crippen LogP contribution in [0.4, 0.5) is 18.9 Å². The Morgan fingerprint density at radius 1 is 1.25 bits per heavy atom. The molecule has 2 aromatic rings. The molecule has 0 aliphatic carbocycles. The molecule has 0 radical (unpaired) electrons. The summed E-state index contributed by atoms with van der Waals surface area (Å²) in [6, 6.07) is 8.67. The third-order valence-electron chi connectivity index (χ3n) is 4.71. The van der Waals surface area contributed by atoms with Crippen LogP contribution in [0.1, 0.15) is 30.5 Å². The van der Waals surface area contributed by atoms with Crippen molar-refractivity contribution in [2.24, 2.45) is 5.73 Å². The van der Waals surface area contributed by atoms with Gasteiger partial charge in [-0.25, -0.2) is 0 Å². The van der Waals surface area contributed by atoms with Crippen molar-refractivity contribution in [3.05, 3.63) is 59.2 Å². The quantitative estimate of drug-likeness (QED) is 0.697. The van der Waals surface area contributed by atoms with Gasteiger partial charge < -0.3 is 20.7 Å². The van der Waals surface area contributed by atoms with Gasteiger partial charge >= 0.3 is 13.3 Å². The highest BCUT2D eigenvalue weighted by atomic mass is 19.4. The Morgan fingerprint density at radius 2 is 1.89 bits per heavy atom. The highest BCUT2D eigenvalue weighted by Gasteiger charge is 2.40. The second-order valence-electron chi connectivity index (χ2n) is 7.28. The van der Waals surface area contributed by atoms with Crippen molar-refractivity contribution < 1.29 is 27.6 Å². The van der Waals surface area contributed by atoms with Gasteiger partial charge in [0.2, 0.25) is 5.91 Å². The Labute approximate surface area is 160 Å². The molecule has 0 bridgehead atoms. The van der Waals surface area contributed by atoms with Crippen LogP contribution in [0, 0.1) is 0 Å². The van der Waals surface area contributed by atoms with E-state index in [-0.39, 0.29) is 6.42 Å². The lowest BCUT2D eigenvalue weighted by Gasteiger charge is -2.19. The molecule has 1 aliphatic heterocycles. The van der Waals surface area contributed by atoms with Crippen molar-refractivity contribution in [2.75, 3.05) is 5.32 Å². The lowest BCUT2D eigenvalue weighted by atomic mass is 9.78. The number of fused-ring (bicyclic) bond motifs is 1. The maximum Gasteiger partial charge on any atom is 0.492 e. The van der Waals surface area contributed by atoms with E-state index in [1.165, 1.54) is 12.1 Å². The number of benzene rings is 2. The average molecular weight is 392 g/mol. The fourth-order valence-corrected chi connectivity index (χ4v) is 3.21. The molecular formula is C19H20BF3N2O3. The molecule has 9 heteroatoms. The molecule has 0 saturated carbocycles. The summed E-state index contributed by atoms with van der Waals surface area (Å²) >= 11 is 0. The predicted octanol–water partition coefficient (Wildman–Crippen LogP) is 2.17. The molecule has 0 spiro atoms. The number of anilines is 1. The Balaban J connectivity index is 1.66. The van der Waals surface area contributed by atoms with Gasteiger partial charge in [-0.1, -0.05) is 18.2 Å². The van der Waals surface area contributed by atoms with E-state index in [2.05, 4.69) is 5.32 Å². The monoisotopic (exact) mass is 392 g/mol. The van der Waals surface area contributed by atoms with Gasteiger partial charge in [-0.2, -0.15) is 13.2 Å². The molecule has 0 saturated heterocycles. The summed E-state index contributed by atoms with van der Waals surface area (Å²) in [6.07, 6.45) is -4.32. The Kier molecular flexibility index (Phi) is 5.27. The standard InChI is InChI=1S/C19H20BF3N2O3/c1-18(2)14-8-7-13(10-15(14)20(27)28-18)25-17(26)16(24)9-11-3-5-12(6-4-11)19(21,22)23/h3-8,10,16,27H,9,24H2,1-2H3,(H,25,26)/t16-/m1/s1. The molecule has 5 nitrogen and oxygen atoms in total. The van der Waals surface area contributed by atoms with Gasteiger partial charge in [0.15, 0.2) is 0 Å². The zero-order valence-electron chi connectivity index (χ0n) is 15.4. The zero-order chi connectivity index (χ0) is 20.7. The van der Waals surface area contributed by atoms with Crippen molar-refractivity contribution in [1.82, 2.24) is 0 Å². The van der Waals surface area contributed by atoms with Crippen molar-refractivity contribution in [1.29, 1.82) is 0 Å². The minimum absolute atomic E-state index is 0.0910. The highest BCUT2D eigenvalue weighted by molar-refractivity contribution is 6.62. The Hall–Kier alpha value is -2.36. The van der Waals surface area contributed by atoms with Crippen LogP contribution in [0.2, 0.25) is 0 Å². The number of rotatable bonds is 4. The van der Waals surface area contributed by atoms with Crippen LogP contribution in [0.5, 0.6) is 0 Å². The summed E-state index contributed by atoms with van der Waals surface area (Å²) in [5, 5.41) is 12.7. The lowest BCUT2D eigenvalue weighted by Crippen LogP contribution is -2.38. The van der Waals surface area contributed by atoms with E-state index in [9.17, 15) is 23.0 Å². The molecule has 1 heterocycles. The summed E-state index contributed by atoms with van der Waals surface area (Å²) in [6.45, 7) is 3.67. The van der Waals surface area contributed by atoms with Crippen LogP contribution in [-0.2, 0) is 27.6 Å². The number of nitrogens with two attached hydrogens (primary N) is 1. The average Bonchev–Trinajstić information content (AvgIpc) is 2.83. The summed E-state index contributed by atoms with van der Waals surface area (Å²) in [5.41, 5.74) is 6.88. The van der Waals surface area contributed by atoms with E-state index in [1.54, 1.807) is 18.2 Å². The second-order valence-corrected chi connectivity index (χ2v) is 7.28. The van der Waals surface area contributed by atoms with Crippen LogP contribution in [0.3, 0.4) is 0 Å². The molecule has 0 aromatic heterocycles. The third-order valence-corrected chi connectivity index (χ3v) is 4.71. The normalized spacial score (nSPS) is 16.6. The molecule has 0 unspecified atom stereocenters. The fourth-order valence-electron chi connectivity index (χ4n) is 3.21. The van der Waals surface area contributed by atoms with E-state index in [4.69, 9.17) is 10.4 Å². The molecule has 3 rings (SSSR count). The Bertz CT molecular complexity index is 885. The predicted molar refractivity (Wildman–Crippen MR) is 99.9 cm³/mol. The van der Waals surface area contributed by atoms with Gasteiger partial charge in [0.1, 0.15) is 0 Å².